The highest BCUT2D eigenvalue weighted by atomic mass is 35.5. The van der Waals surface area contributed by atoms with Crippen LogP contribution in [0.25, 0.3) is 0 Å². The molecule has 1 amide bonds. The number of aromatic nitrogens is 1. The second-order valence-electron chi connectivity index (χ2n) is 7.52. The largest absolute Gasteiger partial charge is 0.349 e. The predicted octanol–water partition coefficient (Wildman–Crippen LogP) is 7.35. The standard InChI is InChI=1S/C21H25ClN2O.C3H6.C2H6/c1-14-13-19(11-12-23-14)17-5-3-16(4-6-17)15(2)24-21(25)18-7-9-20(22)10-8-18;1-3-2;1-2/h7-13,15-17H,3-6H2,1-2H3,(H,24,25);3H,1H2,2H3;1-2H3. The molecule has 164 valence electrons. The van der Waals surface area contributed by atoms with E-state index in [1.165, 1.54) is 18.4 Å². The molecule has 2 aromatic rings. The van der Waals surface area contributed by atoms with Crippen molar-refractivity contribution in [3.63, 3.8) is 0 Å². The first-order chi connectivity index (χ1) is 14.4. The maximum absolute atomic E-state index is 12.4. The molecule has 1 saturated carbocycles. The van der Waals surface area contributed by atoms with Gasteiger partial charge in [-0.15, -0.1) is 6.58 Å². The zero-order chi connectivity index (χ0) is 22.5. The summed E-state index contributed by atoms with van der Waals surface area (Å²) >= 11 is 5.88. The first-order valence-corrected chi connectivity index (χ1v) is 11.4. The number of benzene rings is 1. The van der Waals surface area contributed by atoms with Gasteiger partial charge in [0.2, 0.25) is 0 Å². The van der Waals surface area contributed by atoms with Crippen molar-refractivity contribution >= 4 is 17.5 Å². The van der Waals surface area contributed by atoms with E-state index in [9.17, 15) is 4.79 Å². The molecule has 30 heavy (non-hydrogen) atoms. The molecule has 1 fully saturated rings. The van der Waals surface area contributed by atoms with E-state index >= 15 is 0 Å². The van der Waals surface area contributed by atoms with Gasteiger partial charge in [-0.25, -0.2) is 0 Å². The Bertz CT molecular complexity index is 765. The molecular formula is C26H37ClN2O. The minimum Gasteiger partial charge on any atom is -0.349 e. The maximum atomic E-state index is 12.4. The number of halogens is 1. The minimum absolute atomic E-state index is 0.0175. The molecule has 4 heteroatoms. The number of hydrogen-bond donors (Lipinski definition) is 1. The molecule has 0 bridgehead atoms. The van der Waals surface area contributed by atoms with Gasteiger partial charge in [0.25, 0.3) is 5.91 Å². The van der Waals surface area contributed by atoms with Gasteiger partial charge in [0.1, 0.15) is 0 Å². The number of aryl methyl sites for hydroxylation is 1. The molecule has 1 aromatic heterocycles. The third-order valence-electron chi connectivity index (χ3n) is 5.34. The Morgan fingerprint density at radius 3 is 2.27 bits per heavy atom. The SMILES string of the molecule is C=CC.CC.Cc1cc(C2CCC(C(C)NC(=O)c3ccc(Cl)cc3)CC2)ccn1. The van der Waals surface area contributed by atoms with Gasteiger partial charge in [-0.05, 0) is 100 Å². The molecular weight excluding hydrogens is 392 g/mol. The lowest BCUT2D eigenvalue weighted by Gasteiger charge is -2.33. The number of rotatable bonds is 4. The van der Waals surface area contributed by atoms with E-state index in [1.54, 1.807) is 30.3 Å². The molecule has 1 heterocycles. The summed E-state index contributed by atoms with van der Waals surface area (Å²) in [5.41, 5.74) is 3.16. The zero-order valence-electron chi connectivity index (χ0n) is 19.1. The van der Waals surface area contributed by atoms with Gasteiger partial charge >= 0.3 is 0 Å². The van der Waals surface area contributed by atoms with Gasteiger partial charge in [0.15, 0.2) is 0 Å². The van der Waals surface area contributed by atoms with Gasteiger partial charge in [-0.1, -0.05) is 31.5 Å². The summed E-state index contributed by atoms with van der Waals surface area (Å²) in [6.07, 6.45) is 8.30. The Balaban J connectivity index is 0.000000826. The Morgan fingerprint density at radius 2 is 1.73 bits per heavy atom. The lowest BCUT2D eigenvalue weighted by molar-refractivity contribution is 0.0918. The van der Waals surface area contributed by atoms with Crippen LogP contribution >= 0.6 is 11.6 Å². The van der Waals surface area contributed by atoms with E-state index in [0.29, 0.717) is 22.4 Å². The average Bonchev–Trinajstić information content (AvgIpc) is 2.76. The Labute approximate surface area is 188 Å². The van der Waals surface area contributed by atoms with Crippen molar-refractivity contribution in [2.45, 2.75) is 72.3 Å². The first kappa shape index (κ1) is 25.9. The molecule has 1 aliphatic rings. The van der Waals surface area contributed by atoms with Crippen LogP contribution in [0, 0.1) is 12.8 Å². The fraction of sp³-hybridized carbons (Fsp3) is 0.462. The number of carbonyl (C=O) groups is 1. The topological polar surface area (TPSA) is 42.0 Å². The number of pyridine rings is 1. The lowest BCUT2D eigenvalue weighted by Crippen LogP contribution is -2.39. The number of nitrogens with one attached hydrogen (secondary N) is 1. The molecule has 1 N–H and O–H groups in total. The summed E-state index contributed by atoms with van der Waals surface area (Å²) in [6.45, 7) is 13.4. The molecule has 0 radical (unpaired) electrons. The fourth-order valence-corrected chi connectivity index (χ4v) is 3.91. The summed E-state index contributed by atoms with van der Waals surface area (Å²) in [5.74, 6) is 1.14. The first-order valence-electron chi connectivity index (χ1n) is 11.0. The van der Waals surface area contributed by atoms with Crippen LogP contribution in [0.15, 0.2) is 55.3 Å². The van der Waals surface area contributed by atoms with E-state index in [4.69, 9.17) is 11.6 Å². The summed E-state index contributed by atoms with van der Waals surface area (Å²) in [7, 11) is 0. The van der Waals surface area contributed by atoms with Crippen LogP contribution in [0.5, 0.6) is 0 Å². The molecule has 1 unspecified atom stereocenters. The minimum atomic E-state index is -0.0175. The van der Waals surface area contributed by atoms with E-state index < -0.39 is 0 Å². The highest BCUT2D eigenvalue weighted by Crippen LogP contribution is 2.37. The summed E-state index contributed by atoms with van der Waals surface area (Å²) in [5, 5.41) is 3.80. The normalized spacial score (nSPS) is 18.6. The van der Waals surface area contributed by atoms with E-state index in [1.807, 2.05) is 33.9 Å². The number of carbonyl (C=O) groups excluding carboxylic acids is 1. The van der Waals surface area contributed by atoms with Crippen molar-refractivity contribution in [2.75, 3.05) is 0 Å². The van der Waals surface area contributed by atoms with E-state index in [0.717, 1.165) is 18.5 Å². The maximum Gasteiger partial charge on any atom is 0.251 e. The van der Waals surface area contributed by atoms with Crippen molar-refractivity contribution in [3.05, 3.63) is 77.1 Å². The van der Waals surface area contributed by atoms with Crippen LogP contribution in [0.4, 0.5) is 0 Å². The molecule has 3 rings (SSSR count). The zero-order valence-corrected chi connectivity index (χ0v) is 19.9. The summed E-state index contributed by atoms with van der Waals surface area (Å²) < 4.78 is 0. The summed E-state index contributed by atoms with van der Waals surface area (Å²) in [4.78, 5) is 16.7. The van der Waals surface area contributed by atoms with Crippen LogP contribution in [0.2, 0.25) is 5.02 Å². The predicted molar refractivity (Wildman–Crippen MR) is 129 cm³/mol. The van der Waals surface area contributed by atoms with Crippen LogP contribution in [-0.2, 0) is 0 Å². The second kappa shape index (κ2) is 14.0. The Hall–Kier alpha value is -2.13. The highest BCUT2D eigenvalue weighted by Gasteiger charge is 2.27. The number of allylic oxidation sites excluding steroid dienone is 1. The lowest BCUT2D eigenvalue weighted by atomic mass is 9.76. The molecule has 0 aliphatic heterocycles. The average molecular weight is 429 g/mol. The highest BCUT2D eigenvalue weighted by molar-refractivity contribution is 6.30. The van der Waals surface area contributed by atoms with Crippen LogP contribution in [0.1, 0.15) is 80.9 Å². The monoisotopic (exact) mass is 428 g/mol. The van der Waals surface area contributed by atoms with Crippen molar-refractivity contribution in [3.8, 4) is 0 Å². The fourth-order valence-electron chi connectivity index (χ4n) is 3.78. The van der Waals surface area contributed by atoms with E-state index in [-0.39, 0.29) is 11.9 Å². The van der Waals surface area contributed by atoms with E-state index in [2.05, 4.69) is 35.9 Å². The van der Waals surface area contributed by atoms with Crippen molar-refractivity contribution in [1.82, 2.24) is 10.3 Å². The number of nitrogens with zero attached hydrogens (tertiary/aromatic N) is 1. The third kappa shape index (κ3) is 8.31. The van der Waals surface area contributed by atoms with Crippen LogP contribution < -0.4 is 5.32 Å². The molecule has 1 aromatic carbocycles. The molecule has 3 nitrogen and oxygen atoms in total. The Morgan fingerprint density at radius 1 is 1.17 bits per heavy atom. The molecule has 0 spiro atoms. The number of amides is 1. The summed E-state index contributed by atoms with van der Waals surface area (Å²) in [6, 6.07) is 11.6. The van der Waals surface area contributed by atoms with Gasteiger partial charge in [-0.2, -0.15) is 0 Å². The van der Waals surface area contributed by atoms with Gasteiger partial charge < -0.3 is 5.32 Å². The van der Waals surface area contributed by atoms with Crippen LogP contribution in [-0.4, -0.2) is 16.9 Å². The van der Waals surface area contributed by atoms with Gasteiger partial charge in [-0.3, -0.25) is 9.78 Å². The van der Waals surface area contributed by atoms with Gasteiger partial charge in [0.05, 0.1) is 0 Å². The van der Waals surface area contributed by atoms with Crippen molar-refractivity contribution in [2.24, 2.45) is 5.92 Å². The second-order valence-corrected chi connectivity index (χ2v) is 7.96. The van der Waals surface area contributed by atoms with Crippen molar-refractivity contribution < 1.29 is 4.79 Å². The van der Waals surface area contributed by atoms with Crippen LogP contribution in [0.3, 0.4) is 0 Å². The van der Waals surface area contributed by atoms with Crippen molar-refractivity contribution in [1.29, 1.82) is 0 Å². The quantitative estimate of drug-likeness (QED) is 0.517. The third-order valence-corrected chi connectivity index (χ3v) is 5.59. The molecule has 1 atom stereocenters. The molecule has 0 saturated heterocycles. The smallest absolute Gasteiger partial charge is 0.251 e. The van der Waals surface area contributed by atoms with Gasteiger partial charge in [0, 0.05) is 28.5 Å². The Kier molecular flexibility index (Phi) is 12.1. The molecule has 1 aliphatic carbocycles. The number of hydrogen-bond acceptors (Lipinski definition) is 2.